The van der Waals surface area contributed by atoms with Crippen LogP contribution in [0.25, 0.3) is 11.3 Å². The molecule has 0 saturated carbocycles. The number of rotatable bonds is 4. The van der Waals surface area contributed by atoms with Gasteiger partial charge in [-0.25, -0.2) is 13.8 Å². The van der Waals surface area contributed by atoms with E-state index in [9.17, 15) is 8.78 Å². The maximum absolute atomic E-state index is 13.7. The highest BCUT2D eigenvalue weighted by atomic mass is 19.1. The summed E-state index contributed by atoms with van der Waals surface area (Å²) in [7, 11) is 0. The summed E-state index contributed by atoms with van der Waals surface area (Å²) in [5.74, 6) is -0.698. The molecule has 1 aromatic heterocycles. The van der Waals surface area contributed by atoms with E-state index in [1.807, 2.05) is 13.0 Å². The number of benzene rings is 1. The zero-order valence-electron chi connectivity index (χ0n) is 11.0. The van der Waals surface area contributed by atoms with Crippen molar-refractivity contribution < 1.29 is 8.78 Å². The Bertz CT molecular complexity index is 663. The second-order valence-corrected chi connectivity index (χ2v) is 4.26. The van der Waals surface area contributed by atoms with Crippen LogP contribution in [-0.2, 0) is 0 Å². The Hall–Kier alpha value is -2.48. The molecule has 1 aromatic carbocycles. The zero-order valence-corrected chi connectivity index (χ0v) is 11.0. The number of nitriles is 1. The van der Waals surface area contributed by atoms with Gasteiger partial charge in [-0.3, -0.25) is 0 Å². The predicted octanol–water partition coefficient (Wildman–Crippen LogP) is 3.72. The second-order valence-electron chi connectivity index (χ2n) is 4.26. The van der Waals surface area contributed by atoms with Crippen molar-refractivity contribution in [1.82, 2.24) is 4.98 Å². The van der Waals surface area contributed by atoms with Crippen LogP contribution in [-0.4, -0.2) is 11.5 Å². The van der Waals surface area contributed by atoms with Crippen LogP contribution in [0.15, 0.2) is 30.3 Å². The first-order valence-corrected chi connectivity index (χ1v) is 6.26. The van der Waals surface area contributed by atoms with Gasteiger partial charge in [0.05, 0.1) is 11.3 Å². The fourth-order valence-corrected chi connectivity index (χ4v) is 1.77. The van der Waals surface area contributed by atoms with E-state index in [4.69, 9.17) is 5.26 Å². The van der Waals surface area contributed by atoms with Gasteiger partial charge in [0, 0.05) is 12.1 Å². The highest BCUT2D eigenvalue weighted by Gasteiger charge is 2.11. The van der Waals surface area contributed by atoms with Gasteiger partial charge in [0.1, 0.15) is 23.5 Å². The van der Waals surface area contributed by atoms with Crippen molar-refractivity contribution in [2.75, 3.05) is 11.9 Å². The lowest BCUT2D eigenvalue weighted by atomic mass is 10.1. The van der Waals surface area contributed by atoms with Crippen molar-refractivity contribution >= 4 is 5.82 Å². The first-order chi connectivity index (χ1) is 9.65. The number of halogens is 2. The Labute approximate surface area is 115 Å². The van der Waals surface area contributed by atoms with E-state index in [1.54, 1.807) is 6.07 Å². The topological polar surface area (TPSA) is 48.7 Å². The van der Waals surface area contributed by atoms with Crippen molar-refractivity contribution in [3.8, 4) is 17.3 Å². The lowest BCUT2D eigenvalue weighted by Crippen LogP contribution is -2.05. The molecule has 0 aliphatic carbocycles. The van der Waals surface area contributed by atoms with Gasteiger partial charge in [-0.15, -0.1) is 0 Å². The summed E-state index contributed by atoms with van der Waals surface area (Å²) in [6, 6.07) is 8.27. The van der Waals surface area contributed by atoms with Crippen LogP contribution >= 0.6 is 0 Å². The summed E-state index contributed by atoms with van der Waals surface area (Å²) >= 11 is 0. The minimum absolute atomic E-state index is 0.0778. The molecule has 0 bridgehead atoms. The fraction of sp³-hybridized carbons (Fsp3) is 0.200. The van der Waals surface area contributed by atoms with Gasteiger partial charge in [-0.05, 0) is 36.8 Å². The van der Waals surface area contributed by atoms with E-state index >= 15 is 0 Å². The summed E-state index contributed by atoms with van der Waals surface area (Å²) in [6.07, 6.45) is 0.866. The molecule has 2 aromatic rings. The maximum atomic E-state index is 13.7. The van der Waals surface area contributed by atoms with Crippen molar-refractivity contribution in [2.24, 2.45) is 0 Å². The van der Waals surface area contributed by atoms with Crippen LogP contribution in [0, 0.1) is 23.0 Å². The third-order valence-corrected chi connectivity index (χ3v) is 2.76. The minimum atomic E-state index is -0.551. The van der Waals surface area contributed by atoms with Crippen molar-refractivity contribution in [2.45, 2.75) is 13.3 Å². The molecule has 0 amide bonds. The molecule has 0 unspecified atom stereocenters. The number of aromatic nitrogens is 1. The Morgan fingerprint density at radius 1 is 1.25 bits per heavy atom. The van der Waals surface area contributed by atoms with Gasteiger partial charge < -0.3 is 5.32 Å². The number of hydrogen-bond acceptors (Lipinski definition) is 3. The predicted molar refractivity (Wildman–Crippen MR) is 73.1 cm³/mol. The Morgan fingerprint density at radius 3 is 2.75 bits per heavy atom. The molecular formula is C15H13F2N3. The molecule has 0 saturated heterocycles. The lowest BCUT2D eigenvalue weighted by Gasteiger charge is -2.09. The molecule has 0 fully saturated rings. The molecule has 5 heteroatoms. The Morgan fingerprint density at radius 2 is 2.05 bits per heavy atom. The standard InChI is InChI=1S/C15H13F2N3/c1-2-7-19-15-10(9-18)3-6-14(20-15)12-8-11(16)4-5-13(12)17/h3-6,8H,2,7H2,1H3,(H,19,20). The molecule has 20 heavy (non-hydrogen) atoms. The van der Waals surface area contributed by atoms with E-state index in [0.29, 0.717) is 23.6 Å². The second kappa shape index (κ2) is 6.11. The summed E-state index contributed by atoms with van der Waals surface area (Å²) in [6.45, 7) is 2.63. The van der Waals surface area contributed by atoms with Crippen LogP contribution in [0.1, 0.15) is 18.9 Å². The third-order valence-electron chi connectivity index (χ3n) is 2.76. The number of nitrogens with zero attached hydrogens (tertiary/aromatic N) is 2. The number of pyridine rings is 1. The highest BCUT2D eigenvalue weighted by Crippen LogP contribution is 2.24. The lowest BCUT2D eigenvalue weighted by molar-refractivity contribution is 0.602. The monoisotopic (exact) mass is 273 g/mol. The van der Waals surface area contributed by atoms with Crippen LogP contribution < -0.4 is 5.32 Å². The molecule has 0 aliphatic heterocycles. The van der Waals surface area contributed by atoms with Crippen LogP contribution in [0.2, 0.25) is 0 Å². The van der Waals surface area contributed by atoms with E-state index < -0.39 is 11.6 Å². The molecular weight excluding hydrogens is 260 g/mol. The molecule has 1 heterocycles. The molecule has 102 valence electrons. The first kappa shape index (κ1) is 13.9. The van der Waals surface area contributed by atoms with Gasteiger partial charge in [0.25, 0.3) is 0 Å². The number of anilines is 1. The zero-order chi connectivity index (χ0) is 14.5. The van der Waals surface area contributed by atoms with E-state index in [0.717, 1.165) is 24.6 Å². The van der Waals surface area contributed by atoms with Crippen molar-refractivity contribution in [3.63, 3.8) is 0 Å². The molecule has 1 N–H and O–H groups in total. The van der Waals surface area contributed by atoms with E-state index in [2.05, 4.69) is 10.3 Å². The molecule has 0 radical (unpaired) electrons. The van der Waals surface area contributed by atoms with Gasteiger partial charge in [0.15, 0.2) is 0 Å². The molecule has 0 spiro atoms. The van der Waals surface area contributed by atoms with Crippen molar-refractivity contribution in [1.29, 1.82) is 5.26 Å². The maximum Gasteiger partial charge on any atom is 0.144 e. The largest absolute Gasteiger partial charge is 0.369 e. The van der Waals surface area contributed by atoms with Crippen LogP contribution in [0.4, 0.5) is 14.6 Å². The molecule has 2 rings (SSSR count). The third kappa shape index (κ3) is 2.91. The van der Waals surface area contributed by atoms with E-state index in [-0.39, 0.29) is 5.56 Å². The van der Waals surface area contributed by atoms with Gasteiger partial charge in [-0.2, -0.15) is 5.26 Å². The first-order valence-electron chi connectivity index (χ1n) is 6.26. The van der Waals surface area contributed by atoms with Crippen molar-refractivity contribution in [3.05, 3.63) is 47.5 Å². The smallest absolute Gasteiger partial charge is 0.144 e. The fourth-order valence-electron chi connectivity index (χ4n) is 1.77. The van der Waals surface area contributed by atoms with Crippen LogP contribution in [0.3, 0.4) is 0 Å². The summed E-state index contributed by atoms with van der Waals surface area (Å²) in [5.41, 5.74) is 0.743. The SMILES string of the molecule is CCCNc1nc(-c2cc(F)ccc2F)ccc1C#N. The summed E-state index contributed by atoms with van der Waals surface area (Å²) in [4.78, 5) is 4.21. The quantitative estimate of drug-likeness (QED) is 0.923. The average Bonchev–Trinajstić information content (AvgIpc) is 2.47. The molecule has 0 atom stereocenters. The minimum Gasteiger partial charge on any atom is -0.369 e. The number of nitrogens with one attached hydrogen (secondary N) is 1. The Kier molecular flexibility index (Phi) is 4.26. The summed E-state index contributed by atoms with van der Waals surface area (Å²) in [5, 5.41) is 12.0. The highest BCUT2D eigenvalue weighted by molar-refractivity contribution is 5.65. The normalized spacial score (nSPS) is 10.1. The van der Waals surface area contributed by atoms with Gasteiger partial charge in [0.2, 0.25) is 0 Å². The average molecular weight is 273 g/mol. The molecule has 3 nitrogen and oxygen atoms in total. The van der Waals surface area contributed by atoms with Gasteiger partial charge >= 0.3 is 0 Å². The van der Waals surface area contributed by atoms with E-state index in [1.165, 1.54) is 6.07 Å². The molecule has 0 aliphatic rings. The Balaban J connectivity index is 2.47. The summed E-state index contributed by atoms with van der Waals surface area (Å²) < 4.78 is 26.9. The van der Waals surface area contributed by atoms with Gasteiger partial charge in [-0.1, -0.05) is 6.92 Å². The van der Waals surface area contributed by atoms with Crippen LogP contribution in [0.5, 0.6) is 0 Å². The number of hydrogen-bond donors (Lipinski definition) is 1.